The van der Waals surface area contributed by atoms with E-state index in [1.54, 1.807) is 0 Å². The van der Waals surface area contributed by atoms with E-state index in [1.165, 1.54) is 0 Å². The van der Waals surface area contributed by atoms with Gasteiger partial charge < -0.3 is 10.2 Å². The Balaban J connectivity index is 1.96. The minimum absolute atomic E-state index is 0.422. The van der Waals surface area contributed by atoms with E-state index in [0.717, 1.165) is 5.56 Å². The maximum Gasteiger partial charge on any atom is 0.310 e. The third-order valence-electron chi connectivity index (χ3n) is 2.93. The van der Waals surface area contributed by atoms with Crippen molar-refractivity contribution in [2.45, 2.75) is 12.6 Å². The van der Waals surface area contributed by atoms with Crippen LogP contribution in [0.25, 0.3) is 0 Å². The van der Waals surface area contributed by atoms with E-state index in [2.05, 4.69) is 0 Å². The molecule has 1 aromatic carbocycles. The fourth-order valence-corrected chi connectivity index (χ4v) is 2.08. The molecule has 4 nitrogen and oxygen atoms in total. The zero-order valence-corrected chi connectivity index (χ0v) is 8.91. The first-order valence-corrected chi connectivity index (χ1v) is 5.34. The quantitative estimate of drug-likeness (QED) is 0.783. The van der Waals surface area contributed by atoms with E-state index in [1.807, 2.05) is 35.2 Å². The Morgan fingerprint density at radius 3 is 2.56 bits per heavy atom. The molecule has 1 aliphatic rings. The smallest absolute Gasteiger partial charge is 0.310 e. The molecule has 86 valence electrons. The summed E-state index contributed by atoms with van der Waals surface area (Å²) < 4.78 is 0. The Morgan fingerprint density at radius 2 is 2.00 bits per heavy atom. The number of aliphatic carboxylic acids is 1. The maximum atomic E-state index is 10.8. The van der Waals surface area contributed by atoms with E-state index in [0.29, 0.717) is 19.6 Å². The van der Waals surface area contributed by atoms with Crippen LogP contribution in [0.1, 0.15) is 5.56 Å². The monoisotopic (exact) mass is 221 g/mol. The molecule has 1 aliphatic heterocycles. The molecule has 0 bridgehead atoms. The first-order chi connectivity index (χ1) is 7.66. The van der Waals surface area contributed by atoms with Crippen LogP contribution in [0.5, 0.6) is 0 Å². The topological polar surface area (TPSA) is 60.8 Å². The average molecular weight is 221 g/mol. The van der Waals surface area contributed by atoms with E-state index in [-0.39, 0.29) is 0 Å². The number of aliphatic hydroxyl groups is 1. The number of carboxylic acids is 1. The summed E-state index contributed by atoms with van der Waals surface area (Å²) in [4.78, 5) is 12.8. The normalized spacial score (nSPS) is 25.8. The van der Waals surface area contributed by atoms with E-state index in [4.69, 9.17) is 5.11 Å². The third-order valence-corrected chi connectivity index (χ3v) is 2.93. The Morgan fingerprint density at radius 1 is 1.31 bits per heavy atom. The summed E-state index contributed by atoms with van der Waals surface area (Å²) in [7, 11) is 0. The third kappa shape index (κ3) is 2.40. The lowest BCUT2D eigenvalue weighted by molar-refractivity contribution is -0.143. The Labute approximate surface area is 94.1 Å². The molecule has 0 aromatic heterocycles. The van der Waals surface area contributed by atoms with Crippen molar-refractivity contribution in [3.63, 3.8) is 0 Å². The Kier molecular flexibility index (Phi) is 3.22. The van der Waals surface area contributed by atoms with Gasteiger partial charge in [-0.3, -0.25) is 9.69 Å². The number of benzene rings is 1. The highest BCUT2D eigenvalue weighted by molar-refractivity contribution is 5.71. The van der Waals surface area contributed by atoms with Crippen molar-refractivity contribution in [3.05, 3.63) is 35.9 Å². The van der Waals surface area contributed by atoms with Crippen molar-refractivity contribution in [2.24, 2.45) is 5.92 Å². The van der Waals surface area contributed by atoms with Gasteiger partial charge in [0.2, 0.25) is 0 Å². The molecule has 2 N–H and O–H groups in total. The molecule has 1 heterocycles. The van der Waals surface area contributed by atoms with Crippen molar-refractivity contribution >= 4 is 5.97 Å². The lowest BCUT2D eigenvalue weighted by Gasteiger charge is -2.14. The van der Waals surface area contributed by atoms with Crippen molar-refractivity contribution < 1.29 is 15.0 Å². The zero-order chi connectivity index (χ0) is 11.5. The molecule has 0 aliphatic carbocycles. The van der Waals surface area contributed by atoms with Gasteiger partial charge in [0.15, 0.2) is 0 Å². The van der Waals surface area contributed by atoms with E-state index >= 15 is 0 Å². The summed E-state index contributed by atoms with van der Waals surface area (Å²) in [6, 6.07) is 9.86. The minimum atomic E-state index is -0.914. The summed E-state index contributed by atoms with van der Waals surface area (Å²) in [5.41, 5.74) is 1.14. The number of carboxylic acid groups (broad SMARTS) is 1. The first-order valence-electron chi connectivity index (χ1n) is 5.34. The highest BCUT2D eigenvalue weighted by Gasteiger charge is 2.36. The van der Waals surface area contributed by atoms with Crippen LogP contribution in [-0.4, -0.2) is 40.3 Å². The summed E-state index contributed by atoms with van der Waals surface area (Å²) in [5, 5.41) is 18.5. The lowest BCUT2D eigenvalue weighted by Crippen LogP contribution is -2.25. The first kappa shape index (κ1) is 11.1. The van der Waals surface area contributed by atoms with Gasteiger partial charge in [0.1, 0.15) is 0 Å². The molecule has 4 heteroatoms. The molecule has 2 rings (SSSR count). The van der Waals surface area contributed by atoms with Gasteiger partial charge in [-0.15, -0.1) is 0 Å². The number of rotatable bonds is 3. The molecule has 0 unspecified atom stereocenters. The summed E-state index contributed by atoms with van der Waals surface area (Å²) in [6.07, 6.45) is -0.749. The van der Waals surface area contributed by atoms with Crippen LogP contribution in [0.15, 0.2) is 30.3 Å². The molecule has 16 heavy (non-hydrogen) atoms. The van der Waals surface area contributed by atoms with Crippen molar-refractivity contribution in [2.75, 3.05) is 13.1 Å². The number of carbonyl (C=O) groups is 1. The molecule has 1 fully saturated rings. The SMILES string of the molecule is O=C(O)[C@H]1CN(Cc2ccccc2)C[C@@H]1O. The fourth-order valence-electron chi connectivity index (χ4n) is 2.08. The van der Waals surface area contributed by atoms with Gasteiger partial charge in [-0.2, -0.15) is 0 Å². The minimum Gasteiger partial charge on any atom is -0.481 e. The molecule has 1 saturated heterocycles. The summed E-state index contributed by atoms with van der Waals surface area (Å²) in [6.45, 7) is 1.55. The fraction of sp³-hybridized carbons (Fsp3) is 0.417. The van der Waals surface area contributed by atoms with Crippen LogP contribution in [0.4, 0.5) is 0 Å². The number of β-amino-alcohol motifs (C(OH)–C–C–N with tert-alkyl or cyclic N) is 1. The van der Waals surface area contributed by atoms with Crippen molar-refractivity contribution in [1.82, 2.24) is 4.90 Å². The predicted octanol–water partition coefficient (Wildman–Crippen LogP) is 0.564. The van der Waals surface area contributed by atoms with Gasteiger partial charge in [-0.1, -0.05) is 30.3 Å². The van der Waals surface area contributed by atoms with Gasteiger partial charge in [-0.05, 0) is 5.56 Å². The average Bonchev–Trinajstić information content (AvgIpc) is 2.61. The lowest BCUT2D eigenvalue weighted by atomic mass is 10.1. The number of hydrogen-bond acceptors (Lipinski definition) is 3. The van der Waals surface area contributed by atoms with E-state index < -0.39 is 18.0 Å². The van der Waals surface area contributed by atoms with Crippen LogP contribution in [0.3, 0.4) is 0 Å². The standard InChI is InChI=1S/C12H15NO3/c14-11-8-13(7-10(11)12(15)16)6-9-4-2-1-3-5-9/h1-5,10-11,14H,6-8H2,(H,15,16)/t10-,11-/m0/s1. The number of hydrogen-bond donors (Lipinski definition) is 2. The number of nitrogens with zero attached hydrogens (tertiary/aromatic N) is 1. The van der Waals surface area contributed by atoms with Gasteiger partial charge in [0.05, 0.1) is 12.0 Å². The molecule has 1 aromatic rings. The highest BCUT2D eigenvalue weighted by atomic mass is 16.4. The second-order valence-electron chi connectivity index (χ2n) is 4.19. The molecular weight excluding hydrogens is 206 g/mol. The second-order valence-corrected chi connectivity index (χ2v) is 4.19. The van der Waals surface area contributed by atoms with E-state index in [9.17, 15) is 9.90 Å². The Hall–Kier alpha value is -1.39. The maximum absolute atomic E-state index is 10.8. The van der Waals surface area contributed by atoms with Crippen LogP contribution >= 0.6 is 0 Å². The molecule has 0 radical (unpaired) electrons. The van der Waals surface area contributed by atoms with Crippen LogP contribution in [0.2, 0.25) is 0 Å². The zero-order valence-electron chi connectivity index (χ0n) is 8.91. The van der Waals surface area contributed by atoms with Gasteiger partial charge >= 0.3 is 5.97 Å². The number of likely N-dealkylation sites (tertiary alicyclic amines) is 1. The van der Waals surface area contributed by atoms with Gasteiger partial charge in [0, 0.05) is 19.6 Å². The molecule has 0 amide bonds. The largest absolute Gasteiger partial charge is 0.481 e. The van der Waals surface area contributed by atoms with Crippen molar-refractivity contribution in [1.29, 1.82) is 0 Å². The second kappa shape index (κ2) is 4.63. The Bertz CT molecular complexity index is 366. The van der Waals surface area contributed by atoms with Crippen LogP contribution < -0.4 is 0 Å². The molecular formula is C12H15NO3. The highest BCUT2D eigenvalue weighted by Crippen LogP contribution is 2.19. The van der Waals surface area contributed by atoms with Crippen molar-refractivity contribution in [3.8, 4) is 0 Å². The van der Waals surface area contributed by atoms with Crippen LogP contribution in [-0.2, 0) is 11.3 Å². The summed E-state index contributed by atoms with van der Waals surface area (Å²) in [5.74, 6) is -1.56. The number of aliphatic hydroxyl groups excluding tert-OH is 1. The predicted molar refractivity (Wildman–Crippen MR) is 58.9 cm³/mol. The van der Waals surface area contributed by atoms with Gasteiger partial charge in [0.25, 0.3) is 0 Å². The molecule has 0 saturated carbocycles. The molecule has 2 atom stereocenters. The van der Waals surface area contributed by atoms with Gasteiger partial charge in [-0.25, -0.2) is 0 Å². The summed E-state index contributed by atoms with van der Waals surface area (Å²) >= 11 is 0. The van der Waals surface area contributed by atoms with Crippen LogP contribution in [0, 0.1) is 5.92 Å². The molecule has 0 spiro atoms.